The monoisotopic (exact) mass is 339 g/mol. The molecular weight excluding hydrogens is 316 g/mol. The SMILES string of the molecule is CCC1CN(C(=NC)NC2CC2c2c(F)cccc2F)CCS1. The van der Waals surface area contributed by atoms with E-state index in [1.165, 1.54) is 18.2 Å². The van der Waals surface area contributed by atoms with Crippen LogP contribution in [0.15, 0.2) is 23.2 Å². The average molecular weight is 339 g/mol. The van der Waals surface area contributed by atoms with E-state index in [2.05, 4.69) is 22.1 Å². The zero-order chi connectivity index (χ0) is 16.4. The molecular formula is C17H23F2N3S. The second-order valence-electron chi connectivity index (χ2n) is 6.12. The first-order chi connectivity index (χ1) is 11.1. The molecule has 0 aromatic heterocycles. The third kappa shape index (κ3) is 3.62. The molecule has 3 nitrogen and oxygen atoms in total. The maximum Gasteiger partial charge on any atom is 0.193 e. The Morgan fingerprint density at radius 2 is 2.13 bits per heavy atom. The number of aliphatic imine (C=N–C) groups is 1. The Bertz CT molecular complexity index is 573. The van der Waals surface area contributed by atoms with Gasteiger partial charge in [0.1, 0.15) is 11.6 Å². The van der Waals surface area contributed by atoms with Gasteiger partial charge in [-0.1, -0.05) is 13.0 Å². The van der Waals surface area contributed by atoms with Gasteiger partial charge in [-0.3, -0.25) is 4.99 Å². The van der Waals surface area contributed by atoms with E-state index < -0.39 is 11.6 Å². The number of guanidine groups is 1. The predicted octanol–water partition coefficient (Wildman–Crippen LogP) is 3.22. The Morgan fingerprint density at radius 3 is 2.78 bits per heavy atom. The van der Waals surface area contributed by atoms with Gasteiger partial charge < -0.3 is 10.2 Å². The minimum atomic E-state index is -0.449. The third-order valence-corrected chi connectivity index (χ3v) is 5.95. The summed E-state index contributed by atoms with van der Waals surface area (Å²) in [5.41, 5.74) is 0.209. The summed E-state index contributed by atoms with van der Waals surface area (Å²) in [6, 6.07) is 4.13. The van der Waals surface area contributed by atoms with Crippen LogP contribution in [-0.4, -0.2) is 48.0 Å². The highest BCUT2D eigenvalue weighted by Crippen LogP contribution is 2.43. The summed E-state index contributed by atoms with van der Waals surface area (Å²) in [6.45, 7) is 4.15. The lowest BCUT2D eigenvalue weighted by Crippen LogP contribution is -2.48. The largest absolute Gasteiger partial charge is 0.353 e. The van der Waals surface area contributed by atoms with E-state index in [1.54, 1.807) is 7.05 Å². The molecule has 0 spiro atoms. The number of halogens is 2. The molecule has 1 aromatic carbocycles. The van der Waals surface area contributed by atoms with Crippen LogP contribution in [0.1, 0.15) is 31.2 Å². The van der Waals surface area contributed by atoms with E-state index in [0.29, 0.717) is 5.25 Å². The van der Waals surface area contributed by atoms with Crippen LogP contribution in [0.4, 0.5) is 8.78 Å². The van der Waals surface area contributed by atoms with Gasteiger partial charge in [0.05, 0.1) is 0 Å². The lowest BCUT2D eigenvalue weighted by Gasteiger charge is -2.34. The number of hydrogen-bond donors (Lipinski definition) is 1. The molecule has 1 aromatic rings. The predicted molar refractivity (Wildman–Crippen MR) is 92.1 cm³/mol. The Labute approximate surface area is 140 Å². The van der Waals surface area contributed by atoms with Crippen LogP contribution >= 0.6 is 11.8 Å². The highest BCUT2D eigenvalue weighted by atomic mass is 32.2. The first-order valence-corrected chi connectivity index (χ1v) is 9.22. The van der Waals surface area contributed by atoms with Crippen LogP contribution in [0, 0.1) is 11.6 Å². The van der Waals surface area contributed by atoms with Crippen LogP contribution in [0.25, 0.3) is 0 Å². The van der Waals surface area contributed by atoms with E-state index in [1.807, 2.05) is 11.8 Å². The Morgan fingerprint density at radius 1 is 1.39 bits per heavy atom. The molecule has 1 aliphatic carbocycles. The van der Waals surface area contributed by atoms with Crippen LogP contribution in [-0.2, 0) is 0 Å². The van der Waals surface area contributed by atoms with Gasteiger partial charge >= 0.3 is 0 Å². The number of hydrogen-bond acceptors (Lipinski definition) is 2. The second-order valence-corrected chi connectivity index (χ2v) is 7.53. The minimum absolute atomic E-state index is 0.0646. The van der Waals surface area contributed by atoms with Crippen LogP contribution in [0.5, 0.6) is 0 Å². The molecule has 0 amide bonds. The van der Waals surface area contributed by atoms with E-state index in [-0.39, 0.29) is 17.5 Å². The molecule has 126 valence electrons. The fraction of sp³-hybridized carbons (Fsp3) is 0.588. The molecule has 6 heteroatoms. The summed E-state index contributed by atoms with van der Waals surface area (Å²) in [7, 11) is 1.77. The molecule has 2 aliphatic rings. The Kier molecular flexibility index (Phi) is 5.09. The number of rotatable bonds is 3. The maximum atomic E-state index is 13.9. The fourth-order valence-electron chi connectivity index (χ4n) is 3.16. The molecule has 3 atom stereocenters. The average Bonchev–Trinajstić information content (AvgIpc) is 3.31. The summed E-state index contributed by atoms with van der Waals surface area (Å²) < 4.78 is 27.7. The highest BCUT2D eigenvalue weighted by Gasteiger charge is 2.43. The van der Waals surface area contributed by atoms with Crippen molar-refractivity contribution in [3.8, 4) is 0 Å². The first-order valence-electron chi connectivity index (χ1n) is 8.17. The normalized spacial score (nSPS) is 27.9. The molecule has 1 aliphatic heterocycles. The van der Waals surface area contributed by atoms with Crippen molar-refractivity contribution < 1.29 is 8.78 Å². The number of nitrogens with zero attached hydrogens (tertiary/aromatic N) is 2. The van der Waals surface area contributed by atoms with Gasteiger partial charge in [0.25, 0.3) is 0 Å². The van der Waals surface area contributed by atoms with Crippen molar-refractivity contribution in [3.63, 3.8) is 0 Å². The number of benzene rings is 1. The van der Waals surface area contributed by atoms with E-state index in [9.17, 15) is 8.78 Å². The van der Waals surface area contributed by atoms with Gasteiger partial charge in [-0.05, 0) is 25.0 Å². The van der Waals surface area contributed by atoms with Gasteiger partial charge in [0.15, 0.2) is 5.96 Å². The quantitative estimate of drug-likeness (QED) is 0.677. The molecule has 0 radical (unpaired) electrons. The van der Waals surface area contributed by atoms with Crippen molar-refractivity contribution in [1.82, 2.24) is 10.2 Å². The second kappa shape index (κ2) is 7.07. The van der Waals surface area contributed by atoms with E-state index in [4.69, 9.17) is 0 Å². The Balaban J connectivity index is 1.64. The number of thioether (sulfide) groups is 1. The van der Waals surface area contributed by atoms with Crippen molar-refractivity contribution in [2.75, 3.05) is 25.9 Å². The zero-order valence-corrected chi connectivity index (χ0v) is 14.4. The molecule has 1 saturated carbocycles. The van der Waals surface area contributed by atoms with Gasteiger partial charge in [-0.15, -0.1) is 0 Å². The van der Waals surface area contributed by atoms with Crippen LogP contribution in [0.2, 0.25) is 0 Å². The van der Waals surface area contributed by atoms with Crippen molar-refractivity contribution in [1.29, 1.82) is 0 Å². The summed E-state index contributed by atoms with van der Waals surface area (Å²) in [5.74, 6) is 0.946. The molecule has 0 bridgehead atoms. The molecule has 1 saturated heterocycles. The van der Waals surface area contributed by atoms with Gasteiger partial charge in [-0.2, -0.15) is 11.8 Å². The van der Waals surface area contributed by atoms with Crippen molar-refractivity contribution in [2.24, 2.45) is 4.99 Å². The summed E-state index contributed by atoms with van der Waals surface area (Å²) in [4.78, 5) is 6.63. The molecule has 1 heterocycles. The lowest BCUT2D eigenvalue weighted by molar-refractivity contribution is 0.407. The van der Waals surface area contributed by atoms with Gasteiger partial charge in [0.2, 0.25) is 0 Å². The molecule has 2 fully saturated rings. The van der Waals surface area contributed by atoms with Gasteiger partial charge in [-0.25, -0.2) is 8.78 Å². The van der Waals surface area contributed by atoms with Crippen molar-refractivity contribution in [2.45, 2.75) is 37.0 Å². The third-order valence-electron chi connectivity index (χ3n) is 4.58. The molecule has 3 rings (SSSR count). The van der Waals surface area contributed by atoms with Crippen molar-refractivity contribution >= 4 is 17.7 Å². The van der Waals surface area contributed by atoms with E-state index in [0.717, 1.165) is 37.6 Å². The molecule has 23 heavy (non-hydrogen) atoms. The summed E-state index contributed by atoms with van der Waals surface area (Å²) in [6.07, 6.45) is 1.89. The topological polar surface area (TPSA) is 27.6 Å². The summed E-state index contributed by atoms with van der Waals surface area (Å²) in [5, 5.41) is 4.02. The molecule has 1 N–H and O–H groups in total. The first kappa shape index (κ1) is 16.6. The number of nitrogens with one attached hydrogen (secondary N) is 1. The minimum Gasteiger partial charge on any atom is -0.353 e. The fourth-order valence-corrected chi connectivity index (χ4v) is 4.34. The molecule has 3 unspecified atom stereocenters. The lowest BCUT2D eigenvalue weighted by atomic mass is 10.1. The van der Waals surface area contributed by atoms with Crippen LogP contribution in [0.3, 0.4) is 0 Å². The Hall–Kier alpha value is -1.30. The smallest absolute Gasteiger partial charge is 0.193 e. The van der Waals surface area contributed by atoms with E-state index >= 15 is 0 Å². The highest BCUT2D eigenvalue weighted by molar-refractivity contribution is 8.00. The zero-order valence-electron chi connectivity index (χ0n) is 13.6. The van der Waals surface area contributed by atoms with Crippen molar-refractivity contribution in [3.05, 3.63) is 35.4 Å². The van der Waals surface area contributed by atoms with Crippen LogP contribution < -0.4 is 5.32 Å². The summed E-state index contributed by atoms with van der Waals surface area (Å²) >= 11 is 2.01. The standard InChI is InChI=1S/C17H23F2N3S/c1-3-11-10-22(7-8-23-11)17(20-2)21-15-9-12(15)16-13(18)5-4-6-14(16)19/h4-6,11-12,15H,3,7-10H2,1-2H3,(H,20,21). The van der Waals surface area contributed by atoms with Gasteiger partial charge in [0, 0.05) is 48.7 Å². The maximum absolute atomic E-state index is 13.9.